The molecular weight excluding hydrogens is 340 g/mol. The number of nitrogens with zero attached hydrogens (tertiary/aromatic N) is 1. The summed E-state index contributed by atoms with van der Waals surface area (Å²) in [5.41, 5.74) is 1.87. The number of aliphatic imine (C=N–C) groups is 1. The minimum Gasteiger partial charge on any atom is -0.504 e. The molecule has 5 heteroatoms. The van der Waals surface area contributed by atoms with Gasteiger partial charge in [-0.3, -0.25) is 4.99 Å². The Hall–Kier alpha value is -2.53. The van der Waals surface area contributed by atoms with Crippen LogP contribution in [0.5, 0.6) is 17.2 Å². The summed E-state index contributed by atoms with van der Waals surface area (Å²) in [5.74, 6) is 1.55. The standard InChI is InChI=1S/C22H28N2O3/c1-3-27-21-12-8-9-17(22(21)25)15-23-16-19(24-13-6-7-14-24)18-10-4-5-11-20(18)26-2/h4-5,8-12,15,19,25H,3,6-7,13-14,16H2,1-2H3/p+1/t19-/m1/s1. The fourth-order valence-electron chi connectivity index (χ4n) is 3.75. The Morgan fingerprint density at radius 2 is 1.85 bits per heavy atom. The van der Waals surface area contributed by atoms with E-state index in [1.807, 2.05) is 31.2 Å². The van der Waals surface area contributed by atoms with Gasteiger partial charge in [-0.2, -0.15) is 0 Å². The molecule has 0 saturated carbocycles. The fraction of sp³-hybridized carbons (Fsp3) is 0.409. The average Bonchev–Trinajstić information content (AvgIpc) is 3.22. The molecule has 2 N–H and O–H groups in total. The van der Waals surface area contributed by atoms with E-state index in [1.165, 1.54) is 18.4 Å². The maximum absolute atomic E-state index is 10.4. The van der Waals surface area contributed by atoms with Crippen molar-refractivity contribution >= 4 is 6.21 Å². The van der Waals surface area contributed by atoms with Gasteiger partial charge < -0.3 is 19.5 Å². The smallest absolute Gasteiger partial charge is 0.166 e. The van der Waals surface area contributed by atoms with Gasteiger partial charge in [0.2, 0.25) is 0 Å². The predicted octanol–water partition coefficient (Wildman–Crippen LogP) is 2.64. The van der Waals surface area contributed by atoms with Crippen molar-refractivity contribution < 1.29 is 19.5 Å². The number of nitrogens with one attached hydrogen (secondary N) is 1. The monoisotopic (exact) mass is 369 g/mol. The van der Waals surface area contributed by atoms with Crippen molar-refractivity contribution in [3.05, 3.63) is 53.6 Å². The third-order valence-corrected chi connectivity index (χ3v) is 5.10. The molecule has 0 radical (unpaired) electrons. The summed E-state index contributed by atoms with van der Waals surface area (Å²) in [6.07, 6.45) is 4.25. The summed E-state index contributed by atoms with van der Waals surface area (Å²) in [5, 5.41) is 10.4. The zero-order valence-corrected chi connectivity index (χ0v) is 16.1. The van der Waals surface area contributed by atoms with E-state index in [2.05, 4.69) is 17.1 Å². The number of aromatic hydroxyl groups is 1. The van der Waals surface area contributed by atoms with Gasteiger partial charge in [0, 0.05) is 24.6 Å². The van der Waals surface area contributed by atoms with Crippen molar-refractivity contribution in [2.24, 2.45) is 4.99 Å². The molecule has 1 fully saturated rings. The van der Waals surface area contributed by atoms with E-state index in [9.17, 15) is 5.11 Å². The largest absolute Gasteiger partial charge is 0.504 e. The topological polar surface area (TPSA) is 55.5 Å². The number of methoxy groups -OCH3 is 1. The second kappa shape index (κ2) is 9.42. The highest BCUT2D eigenvalue weighted by molar-refractivity contribution is 5.84. The third kappa shape index (κ3) is 4.61. The molecule has 2 aromatic rings. The molecule has 1 atom stereocenters. The number of benzene rings is 2. The van der Waals surface area contributed by atoms with E-state index in [0.717, 1.165) is 18.8 Å². The van der Waals surface area contributed by atoms with Gasteiger partial charge in [0.15, 0.2) is 11.5 Å². The van der Waals surface area contributed by atoms with E-state index >= 15 is 0 Å². The first-order chi connectivity index (χ1) is 13.2. The molecule has 1 saturated heterocycles. The molecule has 3 rings (SSSR count). The maximum atomic E-state index is 10.4. The van der Waals surface area contributed by atoms with Crippen LogP contribution in [-0.2, 0) is 0 Å². The second-order valence-electron chi connectivity index (χ2n) is 6.78. The minimum absolute atomic E-state index is 0.144. The lowest BCUT2D eigenvalue weighted by atomic mass is 10.0. The van der Waals surface area contributed by atoms with Crippen LogP contribution in [0, 0.1) is 0 Å². The molecule has 1 aliphatic rings. The van der Waals surface area contributed by atoms with E-state index in [-0.39, 0.29) is 11.8 Å². The van der Waals surface area contributed by atoms with Crippen LogP contribution in [0.25, 0.3) is 0 Å². The van der Waals surface area contributed by atoms with Crippen LogP contribution in [0.15, 0.2) is 47.5 Å². The van der Waals surface area contributed by atoms with Gasteiger partial charge in [-0.25, -0.2) is 0 Å². The van der Waals surface area contributed by atoms with Crippen molar-refractivity contribution in [2.45, 2.75) is 25.8 Å². The normalized spacial score (nSPS) is 15.9. The summed E-state index contributed by atoms with van der Waals surface area (Å²) in [4.78, 5) is 6.23. The van der Waals surface area contributed by atoms with Crippen LogP contribution < -0.4 is 14.4 Å². The van der Waals surface area contributed by atoms with Gasteiger partial charge in [0.1, 0.15) is 11.8 Å². The highest BCUT2D eigenvalue weighted by atomic mass is 16.5. The average molecular weight is 369 g/mol. The lowest BCUT2D eigenvalue weighted by Crippen LogP contribution is -3.10. The van der Waals surface area contributed by atoms with Crippen LogP contribution in [0.4, 0.5) is 0 Å². The molecule has 0 unspecified atom stereocenters. The van der Waals surface area contributed by atoms with E-state index < -0.39 is 0 Å². The van der Waals surface area contributed by atoms with E-state index in [4.69, 9.17) is 9.47 Å². The van der Waals surface area contributed by atoms with Crippen LogP contribution in [0.3, 0.4) is 0 Å². The summed E-state index contributed by atoms with van der Waals surface area (Å²) < 4.78 is 11.0. The molecular formula is C22H29N2O3+. The Labute approximate surface area is 161 Å². The molecule has 1 aliphatic heterocycles. The molecule has 0 aromatic heterocycles. The van der Waals surface area contributed by atoms with E-state index in [1.54, 1.807) is 24.3 Å². The first-order valence-corrected chi connectivity index (χ1v) is 9.66. The summed E-state index contributed by atoms with van der Waals surface area (Å²) in [6, 6.07) is 13.9. The number of hydrogen-bond donors (Lipinski definition) is 2. The lowest BCUT2D eigenvalue weighted by molar-refractivity contribution is -0.918. The number of rotatable bonds is 8. The highest BCUT2D eigenvalue weighted by Crippen LogP contribution is 2.29. The predicted molar refractivity (Wildman–Crippen MR) is 107 cm³/mol. The molecule has 0 bridgehead atoms. The van der Waals surface area contributed by atoms with Gasteiger partial charge in [-0.15, -0.1) is 0 Å². The number of phenols is 1. The number of phenolic OH excluding ortho intramolecular Hbond substituents is 1. The Balaban J connectivity index is 1.81. The van der Waals surface area contributed by atoms with Gasteiger partial charge in [-0.05, 0) is 31.2 Å². The SMILES string of the molecule is CCOc1cccc(C=NC[C@H](c2ccccc2OC)[NH+]2CCCC2)c1O. The fourth-order valence-corrected chi connectivity index (χ4v) is 3.75. The maximum Gasteiger partial charge on any atom is 0.166 e. The van der Waals surface area contributed by atoms with Gasteiger partial charge >= 0.3 is 0 Å². The van der Waals surface area contributed by atoms with Crippen molar-refractivity contribution in [1.82, 2.24) is 0 Å². The molecule has 5 nitrogen and oxygen atoms in total. The van der Waals surface area contributed by atoms with E-state index in [0.29, 0.717) is 24.5 Å². The molecule has 144 valence electrons. The second-order valence-corrected chi connectivity index (χ2v) is 6.78. The first-order valence-electron chi connectivity index (χ1n) is 9.66. The molecule has 0 spiro atoms. The molecule has 27 heavy (non-hydrogen) atoms. The number of hydrogen-bond acceptors (Lipinski definition) is 4. The number of likely N-dealkylation sites (tertiary alicyclic amines) is 1. The summed E-state index contributed by atoms with van der Waals surface area (Å²) in [7, 11) is 1.72. The Bertz CT molecular complexity index is 770. The van der Waals surface area contributed by atoms with Crippen molar-refractivity contribution in [3.8, 4) is 17.2 Å². The van der Waals surface area contributed by atoms with Crippen LogP contribution in [-0.4, -0.2) is 44.7 Å². The Morgan fingerprint density at radius 3 is 2.59 bits per heavy atom. The zero-order valence-electron chi connectivity index (χ0n) is 16.1. The number of ether oxygens (including phenoxy) is 2. The minimum atomic E-state index is 0.144. The van der Waals surface area contributed by atoms with Crippen molar-refractivity contribution in [3.63, 3.8) is 0 Å². The summed E-state index contributed by atoms with van der Waals surface area (Å²) in [6.45, 7) is 5.37. The molecule has 0 amide bonds. The zero-order chi connectivity index (χ0) is 19.1. The lowest BCUT2D eigenvalue weighted by Gasteiger charge is -2.25. The van der Waals surface area contributed by atoms with Crippen molar-refractivity contribution in [2.75, 3.05) is 33.4 Å². The highest BCUT2D eigenvalue weighted by Gasteiger charge is 2.29. The Kier molecular flexibility index (Phi) is 6.71. The van der Waals surface area contributed by atoms with Crippen LogP contribution in [0.1, 0.15) is 36.9 Å². The number of para-hydroxylation sites is 2. The third-order valence-electron chi connectivity index (χ3n) is 5.10. The molecule has 2 aromatic carbocycles. The summed E-state index contributed by atoms with van der Waals surface area (Å²) >= 11 is 0. The quantitative estimate of drug-likeness (QED) is 0.704. The number of quaternary nitrogens is 1. The van der Waals surface area contributed by atoms with Gasteiger partial charge in [0.25, 0.3) is 0 Å². The van der Waals surface area contributed by atoms with Crippen molar-refractivity contribution in [1.29, 1.82) is 0 Å². The van der Waals surface area contributed by atoms with Crippen LogP contribution >= 0.6 is 0 Å². The first kappa shape index (κ1) is 19.2. The Morgan fingerprint density at radius 1 is 1.11 bits per heavy atom. The van der Waals surface area contributed by atoms with Crippen LogP contribution in [0.2, 0.25) is 0 Å². The van der Waals surface area contributed by atoms with Gasteiger partial charge in [0.05, 0.1) is 38.9 Å². The molecule has 1 heterocycles. The van der Waals surface area contributed by atoms with Gasteiger partial charge in [-0.1, -0.05) is 18.2 Å². The molecule has 0 aliphatic carbocycles.